The Morgan fingerprint density at radius 2 is 2.00 bits per heavy atom. The highest BCUT2D eigenvalue weighted by Gasteiger charge is 2.41. The van der Waals surface area contributed by atoms with Gasteiger partial charge in [0.25, 0.3) is 0 Å². The molecule has 12 heavy (non-hydrogen) atoms. The largest absolute Gasteiger partial charge is 0.458 e. The van der Waals surface area contributed by atoms with E-state index in [4.69, 9.17) is 11.6 Å². The smallest absolute Gasteiger partial charge is 0.441 e. The SMILES string of the molecule is O=C(c1ccc(Cl)o1)C(F)(F)F. The molecule has 0 saturated carbocycles. The van der Waals surface area contributed by atoms with Crippen LogP contribution in [-0.2, 0) is 0 Å². The van der Waals surface area contributed by atoms with Crippen LogP contribution in [0.25, 0.3) is 0 Å². The molecule has 0 aliphatic rings. The summed E-state index contributed by atoms with van der Waals surface area (Å²) in [5.74, 6) is -2.83. The van der Waals surface area contributed by atoms with E-state index < -0.39 is 17.7 Å². The van der Waals surface area contributed by atoms with Crippen molar-refractivity contribution in [2.75, 3.05) is 0 Å². The Morgan fingerprint density at radius 3 is 2.33 bits per heavy atom. The molecule has 0 N–H and O–H groups in total. The van der Waals surface area contributed by atoms with E-state index >= 15 is 0 Å². The van der Waals surface area contributed by atoms with Gasteiger partial charge in [0.2, 0.25) is 0 Å². The highest BCUT2D eigenvalue weighted by molar-refractivity contribution is 6.29. The van der Waals surface area contributed by atoms with Gasteiger partial charge in [-0.25, -0.2) is 0 Å². The Balaban J connectivity index is 2.93. The molecule has 0 aromatic carbocycles. The summed E-state index contributed by atoms with van der Waals surface area (Å²) in [6, 6.07) is 1.94. The Hall–Kier alpha value is -0.970. The molecule has 0 amide bonds. The summed E-state index contributed by atoms with van der Waals surface area (Å²) in [7, 11) is 0. The molecule has 66 valence electrons. The van der Waals surface area contributed by atoms with Crippen LogP contribution in [0, 0.1) is 0 Å². The van der Waals surface area contributed by atoms with Crippen LogP contribution in [0.5, 0.6) is 0 Å². The molecule has 0 radical (unpaired) electrons. The van der Waals surface area contributed by atoms with Crippen LogP contribution in [0.15, 0.2) is 16.5 Å². The summed E-state index contributed by atoms with van der Waals surface area (Å²) in [6.07, 6.45) is -4.92. The first-order chi connectivity index (χ1) is 5.41. The van der Waals surface area contributed by atoms with Gasteiger partial charge >= 0.3 is 12.0 Å². The Bertz CT molecular complexity index is 302. The van der Waals surface area contributed by atoms with Gasteiger partial charge in [-0.3, -0.25) is 4.79 Å². The third kappa shape index (κ3) is 1.79. The monoisotopic (exact) mass is 198 g/mol. The molecule has 2 nitrogen and oxygen atoms in total. The second kappa shape index (κ2) is 2.82. The van der Waals surface area contributed by atoms with Crippen molar-refractivity contribution >= 4 is 17.4 Å². The summed E-state index contributed by atoms with van der Waals surface area (Å²) >= 11 is 5.17. The van der Waals surface area contributed by atoms with Crippen LogP contribution in [0.4, 0.5) is 13.2 Å². The number of carbonyl (C=O) groups is 1. The minimum absolute atomic E-state index is 0.248. The summed E-state index contributed by atoms with van der Waals surface area (Å²) in [5.41, 5.74) is 0. The third-order valence-corrected chi connectivity index (χ3v) is 1.26. The summed E-state index contributed by atoms with van der Waals surface area (Å²) in [6.45, 7) is 0. The van der Waals surface area contributed by atoms with Gasteiger partial charge in [0.15, 0.2) is 11.0 Å². The molecule has 0 bridgehead atoms. The number of Topliss-reactive ketones (excluding diaryl/α,β-unsaturated/α-hetero) is 1. The standard InChI is InChI=1S/C6H2ClF3O2/c7-4-2-1-3(12-4)5(11)6(8,9)10/h1-2H. The van der Waals surface area contributed by atoms with Gasteiger partial charge in [0.1, 0.15) is 0 Å². The molecular formula is C6H2ClF3O2. The van der Waals surface area contributed by atoms with E-state index in [9.17, 15) is 18.0 Å². The molecule has 1 rings (SSSR count). The van der Waals surface area contributed by atoms with E-state index in [2.05, 4.69) is 4.42 Å². The Morgan fingerprint density at radius 1 is 1.42 bits per heavy atom. The second-order valence-electron chi connectivity index (χ2n) is 1.93. The van der Waals surface area contributed by atoms with Crippen LogP contribution >= 0.6 is 11.6 Å². The van der Waals surface area contributed by atoms with E-state index in [0.29, 0.717) is 0 Å². The van der Waals surface area contributed by atoms with Crippen LogP contribution in [-0.4, -0.2) is 12.0 Å². The van der Waals surface area contributed by atoms with Crippen molar-refractivity contribution in [3.63, 3.8) is 0 Å². The van der Waals surface area contributed by atoms with E-state index in [-0.39, 0.29) is 5.22 Å². The third-order valence-electron chi connectivity index (χ3n) is 1.05. The molecule has 6 heteroatoms. The predicted octanol–water partition coefficient (Wildman–Crippen LogP) is 2.68. The van der Waals surface area contributed by atoms with Gasteiger partial charge in [-0.1, -0.05) is 0 Å². The van der Waals surface area contributed by atoms with Gasteiger partial charge in [-0.2, -0.15) is 13.2 Å². The molecule has 1 heterocycles. The summed E-state index contributed by atoms with van der Waals surface area (Å²) in [4.78, 5) is 10.4. The predicted molar refractivity (Wildman–Crippen MR) is 34.1 cm³/mol. The molecule has 0 spiro atoms. The average molecular weight is 199 g/mol. The number of hydrogen-bond acceptors (Lipinski definition) is 2. The normalized spacial score (nSPS) is 11.7. The van der Waals surface area contributed by atoms with Crippen molar-refractivity contribution in [3.8, 4) is 0 Å². The lowest BCUT2D eigenvalue weighted by atomic mass is 10.3. The summed E-state index contributed by atoms with van der Waals surface area (Å²) in [5, 5.41) is -0.248. The molecular weight excluding hydrogens is 197 g/mol. The first-order valence-corrected chi connectivity index (χ1v) is 3.16. The number of hydrogen-bond donors (Lipinski definition) is 0. The quantitative estimate of drug-likeness (QED) is 0.650. The first kappa shape index (κ1) is 9.12. The molecule has 0 saturated heterocycles. The zero-order chi connectivity index (χ0) is 9.35. The number of alkyl halides is 3. The number of rotatable bonds is 1. The topological polar surface area (TPSA) is 30.2 Å². The van der Waals surface area contributed by atoms with Gasteiger partial charge in [-0.05, 0) is 23.7 Å². The molecule has 1 aromatic heterocycles. The second-order valence-corrected chi connectivity index (χ2v) is 2.30. The van der Waals surface area contributed by atoms with Crippen molar-refractivity contribution < 1.29 is 22.4 Å². The van der Waals surface area contributed by atoms with Crippen LogP contribution in [0.3, 0.4) is 0 Å². The fourth-order valence-electron chi connectivity index (χ4n) is 0.576. The fourth-order valence-corrected chi connectivity index (χ4v) is 0.722. The molecule has 0 aliphatic heterocycles. The lowest BCUT2D eigenvalue weighted by Crippen LogP contribution is -2.21. The van der Waals surface area contributed by atoms with Gasteiger partial charge in [-0.15, -0.1) is 0 Å². The van der Waals surface area contributed by atoms with Gasteiger partial charge in [0, 0.05) is 0 Å². The van der Waals surface area contributed by atoms with E-state index in [0.717, 1.165) is 12.1 Å². The van der Waals surface area contributed by atoms with Crippen molar-refractivity contribution in [3.05, 3.63) is 23.1 Å². The molecule has 0 fully saturated rings. The van der Waals surface area contributed by atoms with E-state index in [1.165, 1.54) is 0 Å². The average Bonchev–Trinajstić information content (AvgIpc) is 2.32. The minimum Gasteiger partial charge on any atom is -0.441 e. The maximum absolute atomic E-state index is 11.7. The first-order valence-electron chi connectivity index (χ1n) is 2.78. The lowest BCUT2D eigenvalue weighted by molar-refractivity contribution is -0.0899. The lowest BCUT2D eigenvalue weighted by Gasteiger charge is -2.00. The fraction of sp³-hybridized carbons (Fsp3) is 0.167. The van der Waals surface area contributed by atoms with Gasteiger partial charge < -0.3 is 4.42 Å². The highest BCUT2D eigenvalue weighted by atomic mass is 35.5. The van der Waals surface area contributed by atoms with E-state index in [1.807, 2.05) is 0 Å². The van der Waals surface area contributed by atoms with Crippen molar-refractivity contribution in [1.82, 2.24) is 0 Å². The molecule has 0 unspecified atom stereocenters. The minimum atomic E-state index is -4.92. The Labute approximate surface area is 69.9 Å². The van der Waals surface area contributed by atoms with Crippen molar-refractivity contribution in [2.45, 2.75) is 6.18 Å². The summed E-state index contributed by atoms with van der Waals surface area (Å²) < 4.78 is 39.3. The number of furan rings is 1. The zero-order valence-corrected chi connectivity index (χ0v) is 6.24. The molecule has 1 aromatic rings. The highest BCUT2D eigenvalue weighted by Crippen LogP contribution is 2.23. The van der Waals surface area contributed by atoms with Crippen molar-refractivity contribution in [2.24, 2.45) is 0 Å². The number of halogens is 4. The number of ketones is 1. The van der Waals surface area contributed by atoms with Crippen LogP contribution in [0.1, 0.15) is 10.6 Å². The van der Waals surface area contributed by atoms with Crippen LogP contribution in [0.2, 0.25) is 5.22 Å². The Kier molecular flexibility index (Phi) is 2.14. The van der Waals surface area contributed by atoms with Gasteiger partial charge in [0.05, 0.1) is 0 Å². The maximum Gasteiger partial charge on any atom is 0.458 e. The molecule has 0 aliphatic carbocycles. The van der Waals surface area contributed by atoms with Crippen LogP contribution < -0.4 is 0 Å². The zero-order valence-electron chi connectivity index (χ0n) is 5.48. The number of carbonyl (C=O) groups excluding carboxylic acids is 1. The van der Waals surface area contributed by atoms with E-state index in [1.54, 1.807) is 0 Å². The maximum atomic E-state index is 11.7. The van der Waals surface area contributed by atoms with Crippen molar-refractivity contribution in [1.29, 1.82) is 0 Å². The molecule has 0 atom stereocenters.